The smallest absolute Gasteiger partial charge is 0.247 e. The van der Waals surface area contributed by atoms with E-state index in [2.05, 4.69) is 4.98 Å². The van der Waals surface area contributed by atoms with Crippen LogP contribution in [0.5, 0.6) is 0 Å². The zero-order valence-corrected chi connectivity index (χ0v) is 14.1. The molecule has 25 heavy (non-hydrogen) atoms. The van der Waals surface area contributed by atoms with Gasteiger partial charge in [-0.05, 0) is 17.7 Å². The summed E-state index contributed by atoms with van der Waals surface area (Å²) in [5, 5.41) is 0. The van der Waals surface area contributed by atoms with Crippen LogP contribution in [0.4, 0.5) is 0 Å². The molecule has 5 nitrogen and oxygen atoms in total. The number of ether oxygens (including phenoxy) is 1. The van der Waals surface area contributed by atoms with Gasteiger partial charge in [0.25, 0.3) is 0 Å². The number of nitrogens with zero attached hydrogens (tertiary/aromatic N) is 2. The molecule has 0 bridgehead atoms. The summed E-state index contributed by atoms with van der Waals surface area (Å²) < 4.78 is 10.7. The molecule has 1 amide bonds. The Labute approximate surface area is 146 Å². The summed E-state index contributed by atoms with van der Waals surface area (Å²) in [6.45, 7) is 1.53. The molecule has 0 saturated carbocycles. The monoisotopic (exact) mass is 336 g/mol. The Bertz CT molecular complexity index is 823. The lowest BCUT2D eigenvalue weighted by Gasteiger charge is -2.21. The van der Waals surface area contributed by atoms with E-state index in [0.29, 0.717) is 31.2 Å². The number of para-hydroxylation sites is 2. The van der Waals surface area contributed by atoms with Crippen molar-refractivity contribution in [1.29, 1.82) is 0 Å². The average molecular weight is 336 g/mol. The van der Waals surface area contributed by atoms with Crippen LogP contribution in [0.15, 0.2) is 65.1 Å². The third kappa shape index (κ3) is 4.55. The molecule has 1 aromatic heterocycles. The Balaban J connectivity index is 1.72. The van der Waals surface area contributed by atoms with Crippen LogP contribution in [0.2, 0.25) is 0 Å². The molecule has 0 aliphatic heterocycles. The van der Waals surface area contributed by atoms with Crippen LogP contribution < -0.4 is 0 Å². The van der Waals surface area contributed by atoms with Crippen LogP contribution in [0.1, 0.15) is 11.5 Å². The molecule has 1 heterocycles. The van der Waals surface area contributed by atoms with Gasteiger partial charge in [0.2, 0.25) is 11.8 Å². The Kier molecular flexibility index (Phi) is 5.59. The van der Waals surface area contributed by atoms with E-state index in [1.807, 2.05) is 54.6 Å². The highest BCUT2D eigenvalue weighted by Crippen LogP contribution is 2.15. The number of fused-ring (bicyclic) bond motifs is 1. The van der Waals surface area contributed by atoms with Crippen molar-refractivity contribution in [1.82, 2.24) is 9.88 Å². The Morgan fingerprint density at radius 3 is 2.68 bits per heavy atom. The first-order valence-electron chi connectivity index (χ1n) is 8.11. The minimum Gasteiger partial charge on any atom is -0.437 e. The summed E-state index contributed by atoms with van der Waals surface area (Å²) in [6.07, 6.45) is 3.09. The Morgan fingerprint density at radius 2 is 1.92 bits per heavy atom. The van der Waals surface area contributed by atoms with Crippen molar-refractivity contribution in [3.8, 4) is 0 Å². The average Bonchev–Trinajstić information content (AvgIpc) is 3.07. The summed E-state index contributed by atoms with van der Waals surface area (Å²) in [7, 11) is 1.62. The van der Waals surface area contributed by atoms with E-state index in [0.717, 1.165) is 11.1 Å². The molecule has 3 aromatic rings. The Morgan fingerprint density at radius 1 is 1.16 bits per heavy atom. The fourth-order valence-electron chi connectivity index (χ4n) is 2.48. The van der Waals surface area contributed by atoms with Gasteiger partial charge in [-0.25, -0.2) is 4.98 Å². The molecule has 128 valence electrons. The maximum atomic E-state index is 12.6. The number of benzene rings is 2. The van der Waals surface area contributed by atoms with E-state index in [4.69, 9.17) is 9.15 Å². The van der Waals surface area contributed by atoms with E-state index < -0.39 is 0 Å². The topological polar surface area (TPSA) is 55.6 Å². The largest absolute Gasteiger partial charge is 0.437 e. The van der Waals surface area contributed by atoms with E-state index in [1.165, 1.54) is 6.08 Å². The van der Waals surface area contributed by atoms with E-state index in [1.54, 1.807) is 18.1 Å². The second-order valence-electron chi connectivity index (χ2n) is 5.59. The molecule has 0 saturated heterocycles. The first-order valence-corrected chi connectivity index (χ1v) is 8.11. The number of carbonyl (C=O) groups excluding carboxylic acids is 1. The van der Waals surface area contributed by atoms with Crippen molar-refractivity contribution in [3.63, 3.8) is 0 Å². The molecule has 0 aliphatic rings. The molecule has 5 heteroatoms. The fraction of sp³-hybridized carbons (Fsp3) is 0.200. The number of carbonyl (C=O) groups is 1. The van der Waals surface area contributed by atoms with E-state index in [-0.39, 0.29) is 5.91 Å². The van der Waals surface area contributed by atoms with Gasteiger partial charge in [-0.3, -0.25) is 4.79 Å². The summed E-state index contributed by atoms with van der Waals surface area (Å²) >= 11 is 0. The third-order valence-corrected chi connectivity index (χ3v) is 3.77. The van der Waals surface area contributed by atoms with Crippen LogP contribution in [-0.2, 0) is 16.1 Å². The molecule has 3 rings (SSSR count). The van der Waals surface area contributed by atoms with Gasteiger partial charge in [-0.1, -0.05) is 42.5 Å². The van der Waals surface area contributed by atoms with Gasteiger partial charge in [0, 0.05) is 32.4 Å². The molecule has 0 N–H and O–H groups in total. The van der Waals surface area contributed by atoms with Gasteiger partial charge >= 0.3 is 0 Å². The predicted molar refractivity (Wildman–Crippen MR) is 96.8 cm³/mol. The second-order valence-corrected chi connectivity index (χ2v) is 5.59. The molecular formula is C20H20N2O3. The van der Waals surface area contributed by atoms with Gasteiger partial charge in [0.15, 0.2) is 5.58 Å². The highest BCUT2D eigenvalue weighted by molar-refractivity contribution is 5.91. The SMILES string of the molecule is COCCN(Cc1ccccc1)C(=O)/C=C/c1nc2ccccc2o1. The van der Waals surface area contributed by atoms with E-state index >= 15 is 0 Å². The first-order chi connectivity index (χ1) is 12.3. The van der Waals surface area contributed by atoms with Crippen LogP contribution in [0.3, 0.4) is 0 Å². The highest BCUT2D eigenvalue weighted by atomic mass is 16.5. The lowest BCUT2D eigenvalue weighted by Crippen LogP contribution is -2.32. The van der Waals surface area contributed by atoms with Crippen molar-refractivity contribution in [2.75, 3.05) is 20.3 Å². The minimum atomic E-state index is -0.108. The van der Waals surface area contributed by atoms with Crippen LogP contribution in [-0.4, -0.2) is 36.1 Å². The summed E-state index contributed by atoms with van der Waals surface area (Å²) in [5.74, 6) is 0.309. The van der Waals surface area contributed by atoms with Gasteiger partial charge in [0.1, 0.15) is 5.52 Å². The second kappa shape index (κ2) is 8.26. The maximum Gasteiger partial charge on any atom is 0.247 e. The number of hydrogen-bond acceptors (Lipinski definition) is 4. The minimum absolute atomic E-state index is 0.108. The van der Waals surface area contributed by atoms with Gasteiger partial charge in [-0.15, -0.1) is 0 Å². The highest BCUT2D eigenvalue weighted by Gasteiger charge is 2.11. The van der Waals surface area contributed by atoms with Gasteiger partial charge in [-0.2, -0.15) is 0 Å². The zero-order valence-electron chi connectivity index (χ0n) is 14.1. The predicted octanol–water partition coefficient (Wildman–Crippen LogP) is 3.52. The number of methoxy groups -OCH3 is 1. The zero-order chi connectivity index (χ0) is 17.5. The van der Waals surface area contributed by atoms with Crippen LogP contribution in [0, 0.1) is 0 Å². The number of aromatic nitrogens is 1. The summed E-state index contributed by atoms with van der Waals surface area (Å²) in [6, 6.07) is 17.4. The first kappa shape index (κ1) is 16.9. The number of hydrogen-bond donors (Lipinski definition) is 0. The summed E-state index contributed by atoms with van der Waals surface area (Å²) in [4.78, 5) is 18.6. The molecule has 0 spiro atoms. The maximum absolute atomic E-state index is 12.6. The quantitative estimate of drug-likeness (QED) is 0.620. The normalized spacial score (nSPS) is 11.2. The van der Waals surface area contributed by atoms with Crippen LogP contribution in [0.25, 0.3) is 17.2 Å². The van der Waals surface area contributed by atoms with Crippen molar-refractivity contribution >= 4 is 23.1 Å². The number of rotatable bonds is 7. The molecule has 2 aromatic carbocycles. The number of oxazole rings is 1. The standard InChI is InChI=1S/C20H20N2O3/c1-24-14-13-22(15-16-7-3-2-4-8-16)20(23)12-11-19-21-17-9-5-6-10-18(17)25-19/h2-12H,13-15H2,1H3/b12-11+. The van der Waals surface area contributed by atoms with Crippen LogP contribution >= 0.6 is 0 Å². The summed E-state index contributed by atoms with van der Waals surface area (Å²) in [5.41, 5.74) is 2.55. The lowest BCUT2D eigenvalue weighted by molar-refractivity contribution is -0.127. The van der Waals surface area contributed by atoms with Crippen molar-refractivity contribution < 1.29 is 13.9 Å². The van der Waals surface area contributed by atoms with Crippen molar-refractivity contribution in [3.05, 3.63) is 72.1 Å². The molecule has 0 unspecified atom stereocenters. The lowest BCUT2D eigenvalue weighted by atomic mass is 10.2. The third-order valence-electron chi connectivity index (χ3n) is 3.77. The van der Waals surface area contributed by atoms with Crippen molar-refractivity contribution in [2.24, 2.45) is 0 Å². The van der Waals surface area contributed by atoms with E-state index in [9.17, 15) is 4.79 Å². The number of amides is 1. The fourth-order valence-corrected chi connectivity index (χ4v) is 2.48. The molecule has 0 fully saturated rings. The molecular weight excluding hydrogens is 316 g/mol. The molecule has 0 atom stereocenters. The molecule has 0 aliphatic carbocycles. The van der Waals surface area contributed by atoms with Gasteiger partial charge < -0.3 is 14.1 Å². The Hall–Kier alpha value is -2.92. The van der Waals surface area contributed by atoms with Crippen molar-refractivity contribution in [2.45, 2.75) is 6.54 Å². The molecule has 0 radical (unpaired) electrons. The van der Waals surface area contributed by atoms with Gasteiger partial charge in [0.05, 0.1) is 6.61 Å².